The van der Waals surface area contributed by atoms with Crippen molar-refractivity contribution < 1.29 is 9.53 Å². The summed E-state index contributed by atoms with van der Waals surface area (Å²) in [6.07, 6.45) is 3.01. The number of para-hydroxylation sites is 2. The molecular weight excluding hydrogens is 228 g/mol. The fourth-order valence-electron chi connectivity index (χ4n) is 1.88. The summed E-state index contributed by atoms with van der Waals surface area (Å²) in [7, 11) is 3.41. The van der Waals surface area contributed by atoms with Gasteiger partial charge in [-0.05, 0) is 25.0 Å². The minimum atomic E-state index is 0.104. The molecule has 0 atom stereocenters. The lowest BCUT2D eigenvalue weighted by Gasteiger charge is -2.20. The topological polar surface area (TPSA) is 41.6 Å². The normalized spacial score (nSPS) is 14.3. The predicted octanol–water partition coefficient (Wildman–Crippen LogP) is 1.80. The Hall–Kier alpha value is -1.55. The van der Waals surface area contributed by atoms with E-state index in [4.69, 9.17) is 4.74 Å². The van der Waals surface area contributed by atoms with Crippen LogP contribution in [0.5, 0.6) is 5.75 Å². The molecule has 1 aliphatic carbocycles. The Morgan fingerprint density at radius 1 is 1.44 bits per heavy atom. The van der Waals surface area contributed by atoms with Crippen LogP contribution in [0.15, 0.2) is 24.3 Å². The third-order valence-electron chi connectivity index (χ3n) is 3.17. The smallest absolute Gasteiger partial charge is 0.228 e. The molecule has 1 aromatic rings. The van der Waals surface area contributed by atoms with Gasteiger partial charge in [0, 0.05) is 26.1 Å². The third kappa shape index (κ3) is 3.23. The SMILES string of the molecule is COc1ccccc1N(C)C(=O)CCNC1CC1. The highest BCUT2D eigenvalue weighted by Gasteiger charge is 2.21. The van der Waals surface area contributed by atoms with Gasteiger partial charge in [0.05, 0.1) is 12.8 Å². The van der Waals surface area contributed by atoms with E-state index in [1.165, 1.54) is 12.8 Å². The number of nitrogens with zero attached hydrogens (tertiary/aromatic N) is 1. The highest BCUT2D eigenvalue weighted by molar-refractivity contribution is 5.94. The van der Waals surface area contributed by atoms with Crippen molar-refractivity contribution in [1.82, 2.24) is 5.32 Å². The summed E-state index contributed by atoms with van der Waals surface area (Å²) in [6, 6.07) is 8.21. The monoisotopic (exact) mass is 248 g/mol. The van der Waals surface area contributed by atoms with Crippen molar-refractivity contribution in [3.05, 3.63) is 24.3 Å². The van der Waals surface area contributed by atoms with Crippen LogP contribution in [0.4, 0.5) is 5.69 Å². The Bertz CT molecular complexity index is 416. The molecule has 0 bridgehead atoms. The Balaban J connectivity index is 1.91. The zero-order valence-corrected chi connectivity index (χ0v) is 11.0. The Morgan fingerprint density at radius 2 is 2.17 bits per heavy atom. The molecule has 1 fully saturated rings. The number of anilines is 1. The molecular formula is C14H20N2O2. The van der Waals surface area contributed by atoms with Gasteiger partial charge in [-0.1, -0.05) is 12.1 Å². The maximum Gasteiger partial charge on any atom is 0.228 e. The fourth-order valence-corrected chi connectivity index (χ4v) is 1.88. The molecule has 1 N–H and O–H groups in total. The molecule has 4 nitrogen and oxygen atoms in total. The summed E-state index contributed by atoms with van der Waals surface area (Å²) in [4.78, 5) is 13.7. The summed E-state index contributed by atoms with van der Waals surface area (Å²) < 4.78 is 5.26. The average Bonchev–Trinajstić information content (AvgIpc) is 3.21. The quantitative estimate of drug-likeness (QED) is 0.834. The van der Waals surface area contributed by atoms with Gasteiger partial charge >= 0.3 is 0 Å². The number of methoxy groups -OCH3 is 1. The van der Waals surface area contributed by atoms with Gasteiger partial charge in [-0.2, -0.15) is 0 Å². The van der Waals surface area contributed by atoms with E-state index in [9.17, 15) is 4.79 Å². The maximum atomic E-state index is 12.0. The van der Waals surface area contributed by atoms with Gasteiger partial charge in [0.15, 0.2) is 0 Å². The van der Waals surface area contributed by atoms with Crippen molar-refractivity contribution in [2.75, 3.05) is 25.6 Å². The Labute approximate surface area is 108 Å². The molecule has 0 saturated heterocycles. The van der Waals surface area contributed by atoms with E-state index in [1.807, 2.05) is 24.3 Å². The van der Waals surface area contributed by atoms with E-state index < -0.39 is 0 Å². The number of amides is 1. The molecule has 1 aromatic carbocycles. The number of nitrogens with one attached hydrogen (secondary N) is 1. The number of rotatable bonds is 6. The van der Waals surface area contributed by atoms with E-state index in [-0.39, 0.29) is 5.91 Å². The van der Waals surface area contributed by atoms with Crippen LogP contribution in [0, 0.1) is 0 Å². The Kier molecular flexibility index (Phi) is 4.20. The first-order valence-corrected chi connectivity index (χ1v) is 6.35. The summed E-state index contributed by atoms with van der Waals surface area (Å²) in [5, 5.41) is 3.34. The number of benzene rings is 1. The second kappa shape index (κ2) is 5.87. The van der Waals surface area contributed by atoms with Crippen molar-refractivity contribution in [2.45, 2.75) is 25.3 Å². The van der Waals surface area contributed by atoms with Crippen LogP contribution in [0.25, 0.3) is 0 Å². The molecule has 1 saturated carbocycles. The number of carbonyl (C=O) groups excluding carboxylic acids is 1. The highest BCUT2D eigenvalue weighted by Crippen LogP contribution is 2.26. The highest BCUT2D eigenvalue weighted by atomic mass is 16.5. The molecule has 0 radical (unpaired) electrons. The molecule has 0 heterocycles. The molecule has 0 aromatic heterocycles. The lowest BCUT2D eigenvalue weighted by molar-refractivity contribution is -0.118. The molecule has 1 amide bonds. The lowest BCUT2D eigenvalue weighted by atomic mass is 10.2. The number of hydrogen-bond donors (Lipinski definition) is 1. The molecule has 98 valence electrons. The van der Waals surface area contributed by atoms with Crippen LogP contribution < -0.4 is 15.0 Å². The molecule has 1 aliphatic rings. The summed E-state index contributed by atoms with van der Waals surface area (Å²) in [5.41, 5.74) is 0.816. The summed E-state index contributed by atoms with van der Waals surface area (Å²) >= 11 is 0. The molecule has 2 rings (SSSR count). The van der Waals surface area contributed by atoms with E-state index in [0.29, 0.717) is 12.5 Å². The van der Waals surface area contributed by atoms with Gasteiger partial charge in [0.2, 0.25) is 5.91 Å². The van der Waals surface area contributed by atoms with Crippen LogP contribution in [-0.4, -0.2) is 32.7 Å². The second-order valence-electron chi connectivity index (χ2n) is 4.60. The van der Waals surface area contributed by atoms with Crippen LogP contribution >= 0.6 is 0 Å². The van der Waals surface area contributed by atoms with Crippen molar-refractivity contribution >= 4 is 11.6 Å². The molecule has 18 heavy (non-hydrogen) atoms. The average molecular weight is 248 g/mol. The minimum absolute atomic E-state index is 0.104. The lowest BCUT2D eigenvalue weighted by Crippen LogP contribution is -2.30. The van der Waals surface area contributed by atoms with Gasteiger partial charge in [-0.3, -0.25) is 4.79 Å². The number of ether oxygens (including phenoxy) is 1. The zero-order valence-electron chi connectivity index (χ0n) is 11.0. The van der Waals surface area contributed by atoms with Crippen molar-refractivity contribution in [2.24, 2.45) is 0 Å². The second-order valence-corrected chi connectivity index (χ2v) is 4.60. The summed E-state index contributed by atoms with van der Waals surface area (Å²) in [6.45, 7) is 0.753. The standard InChI is InChI=1S/C14H20N2O2/c1-16(12-5-3-4-6-13(12)18-2)14(17)9-10-15-11-7-8-11/h3-6,11,15H,7-10H2,1-2H3. The van der Waals surface area contributed by atoms with E-state index in [2.05, 4.69) is 5.32 Å². The molecule has 0 spiro atoms. The van der Waals surface area contributed by atoms with Crippen molar-refractivity contribution in [3.63, 3.8) is 0 Å². The number of carbonyl (C=O) groups is 1. The van der Waals surface area contributed by atoms with Gasteiger partial charge in [-0.25, -0.2) is 0 Å². The van der Waals surface area contributed by atoms with Gasteiger partial charge in [-0.15, -0.1) is 0 Å². The maximum absolute atomic E-state index is 12.0. The Morgan fingerprint density at radius 3 is 2.83 bits per heavy atom. The zero-order chi connectivity index (χ0) is 13.0. The van der Waals surface area contributed by atoms with Gasteiger partial charge < -0.3 is 15.0 Å². The fraction of sp³-hybridized carbons (Fsp3) is 0.500. The van der Waals surface area contributed by atoms with Crippen molar-refractivity contribution in [1.29, 1.82) is 0 Å². The van der Waals surface area contributed by atoms with Gasteiger partial charge in [0.1, 0.15) is 5.75 Å². The molecule has 0 aliphatic heterocycles. The van der Waals surface area contributed by atoms with E-state index in [1.54, 1.807) is 19.1 Å². The predicted molar refractivity (Wildman–Crippen MR) is 72.0 cm³/mol. The molecule has 0 unspecified atom stereocenters. The van der Waals surface area contributed by atoms with E-state index in [0.717, 1.165) is 18.0 Å². The summed E-state index contributed by atoms with van der Waals surface area (Å²) in [5.74, 6) is 0.830. The largest absolute Gasteiger partial charge is 0.495 e. The number of hydrogen-bond acceptors (Lipinski definition) is 3. The van der Waals surface area contributed by atoms with Crippen LogP contribution in [0.3, 0.4) is 0 Å². The van der Waals surface area contributed by atoms with Gasteiger partial charge in [0.25, 0.3) is 0 Å². The van der Waals surface area contributed by atoms with E-state index >= 15 is 0 Å². The first-order chi connectivity index (χ1) is 8.72. The third-order valence-corrected chi connectivity index (χ3v) is 3.17. The first-order valence-electron chi connectivity index (χ1n) is 6.35. The van der Waals surface area contributed by atoms with Crippen LogP contribution in [0.1, 0.15) is 19.3 Å². The minimum Gasteiger partial charge on any atom is -0.495 e. The van der Waals surface area contributed by atoms with Crippen LogP contribution in [-0.2, 0) is 4.79 Å². The molecule has 4 heteroatoms. The van der Waals surface area contributed by atoms with Crippen molar-refractivity contribution in [3.8, 4) is 5.75 Å². The first kappa shape index (κ1) is 12.9. The van der Waals surface area contributed by atoms with Crippen LogP contribution in [0.2, 0.25) is 0 Å².